The zero-order valence-corrected chi connectivity index (χ0v) is 13.3. The maximum atomic E-state index is 12.2. The second-order valence-electron chi connectivity index (χ2n) is 5.98. The van der Waals surface area contributed by atoms with Crippen LogP contribution in [0.15, 0.2) is 50.8 Å². The molecule has 0 fully saturated rings. The van der Waals surface area contributed by atoms with Crippen LogP contribution in [0.5, 0.6) is 0 Å². The number of azo groups is 1. The first-order chi connectivity index (χ1) is 10.6. The molecule has 0 aromatic heterocycles. The van der Waals surface area contributed by atoms with E-state index in [4.69, 9.17) is 0 Å². The van der Waals surface area contributed by atoms with E-state index < -0.39 is 5.51 Å². The number of thioether (sulfide) groups is 1. The van der Waals surface area contributed by atoms with Gasteiger partial charge in [-0.2, -0.15) is 18.3 Å². The van der Waals surface area contributed by atoms with Crippen LogP contribution in [0.1, 0.15) is 26.7 Å². The number of alkyl halides is 3. The van der Waals surface area contributed by atoms with Crippen LogP contribution >= 0.6 is 11.8 Å². The second-order valence-corrected chi connectivity index (χ2v) is 7.12. The Hall–Kier alpha value is -1.83. The largest absolute Gasteiger partial charge is 0.510 e. The van der Waals surface area contributed by atoms with Gasteiger partial charge in [0.1, 0.15) is 5.76 Å². The second kappa shape index (κ2) is 6.35. The monoisotopic (exact) mass is 344 g/mol. The van der Waals surface area contributed by atoms with Gasteiger partial charge in [0.25, 0.3) is 0 Å². The van der Waals surface area contributed by atoms with E-state index in [1.54, 1.807) is 0 Å². The van der Waals surface area contributed by atoms with E-state index in [2.05, 4.69) is 10.2 Å². The summed E-state index contributed by atoms with van der Waals surface area (Å²) in [5.74, 6) is -0.411. The molecule has 0 aliphatic heterocycles. The van der Waals surface area contributed by atoms with Gasteiger partial charge in [-0.1, -0.05) is 13.8 Å². The van der Waals surface area contributed by atoms with Gasteiger partial charge in [0.05, 0.1) is 5.69 Å². The summed E-state index contributed by atoms with van der Waals surface area (Å²) < 4.78 is 36.7. The number of nitrogens with zero attached hydrogens (tertiary/aromatic N) is 2. The minimum Gasteiger partial charge on any atom is -0.510 e. The normalized spacial score (nSPS) is 18.7. The van der Waals surface area contributed by atoms with Gasteiger partial charge in [-0.25, -0.2) is 0 Å². The molecule has 0 spiro atoms. The van der Waals surface area contributed by atoms with Crippen molar-refractivity contribution in [2.75, 3.05) is 0 Å². The van der Waals surface area contributed by atoms with Gasteiger partial charge in [-0.05, 0) is 41.4 Å². The van der Waals surface area contributed by atoms with Crippen molar-refractivity contribution in [1.82, 2.24) is 0 Å². The number of aliphatic hydroxyl groups is 1. The van der Waals surface area contributed by atoms with Crippen LogP contribution in [0.2, 0.25) is 0 Å². The molecule has 2 rings (SSSR count). The molecule has 124 valence electrons. The number of benzene rings is 1. The number of allylic oxidation sites excluding steroid dienone is 2. The minimum atomic E-state index is -4.35. The summed E-state index contributed by atoms with van der Waals surface area (Å²) in [6, 6.07) is 5.28. The molecule has 1 aromatic carbocycles. The van der Waals surface area contributed by atoms with Gasteiger partial charge in [-0.15, -0.1) is 5.11 Å². The number of rotatable bonds is 3. The Morgan fingerprint density at radius 1 is 1.13 bits per heavy atom. The molecule has 1 N–H and O–H groups in total. The molecule has 0 radical (unpaired) electrons. The molecule has 8 heteroatoms. The minimum absolute atomic E-state index is 0.0361. The average Bonchev–Trinajstić information content (AvgIpc) is 2.36. The molecule has 0 unspecified atom stereocenters. The number of halogens is 3. The number of Topliss-reactive ketones (excluding diaryl/α,β-unsaturated/α-hetero) is 1. The van der Waals surface area contributed by atoms with E-state index in [-0.39, 0.29) is 45.7 Å². The van der Waals surface area contributed by atoms with Crippen molar-refractivity contribution in [2.45, 2.75) is 37.1 Å². The topological polar surface area (TPSA) is 62.0 Å². The SMILES string of the molecule is CC1(C)CC(=O)C(N=Nc2ccc(SC(F)(F)F)cc2)=C(O)C1. The summed E-state index contributed by atoms with van der Waals surface area (Å²) in [5.41, 5.74) is -4.45. The van der Waals surface area contributed by atoms with Crippen molar-refractivity contribution < 1.29 is 23.1 Å². The van der Waals surface area contributed by atoms with Crippen LogP contribution in [0.25, 0.3) is 0 Å². The van der Waals surface area contributed by atoms with Crippen LogP contribution in [0.4, 0.5) is 18.9 Å². The van der Waals surface area contributed by atoms with Crippen LogP contribution in [0.3, 0.4) is 0 Å². The standard InChI is InChI=1S/C15H15F3N2O2S/c1-14(2)7-11(21)13(12(22)8-14)20-19-9-3-5-10(6-4-9)23-15(16,17)18/h3-6,21H,7-8H2,1-2H3. The number of carbonyl (C=O) groups is 1. The highest BCUT2D eigenvalue weighted by Gasteiger charge is 2.33. The van der Waals surface area contributed by atoms with E-state index in [0.29, 0.717) is 12.1 Å². The van der Waals surface area contributed by atoms with Gasteiger partial charge < -0.3 is 5.11 Å². The lowest BCUT2D eigenvalue weighted by Crippen LogP contribution is -2.25. The fourth-order valence-corrected chi connectivity index (χ4v) is 2.75. The number of aliphatic hydroxyl groups excluding tert-OH is 1. The zero-order chi connectivity index (χ0) is 17.3. The van der Waals surface area contributed by atoms with E-state index in [1.165, 1.54) is 24.3 Å². The molecule has 1 aliphatic carbocycles. The Labute approximate surface area is 135 Å². The van der Waals surface area contributed by atoms with E-state index in [0.717, 1.165) is 0 Å². The van der Waals surface area contributed by atoms with Crippen LogP contribution < -0.4 is 0 Å². The lowest BCUT2D eigenvalue weighted by Gasteiger charge is -2.27. The Balaban J connectivity index is 2.13. The van der Waals surface area contributed by atoms with E-state index in [1.807, 2.05) is 13.8 Å². The predicted molar refractivity (Wildman–Crippen MR) is 80.5 cm³/mol. The third-order valence-electron chi connectivity index (χ3n) is 3.16. The van der Waals surface area contributed by atoms with Gasteiger partial charge in [0.2, 0.25) is 0 Å². The highest BCUT2D eigenvalue weighted by molar-refractivity contribution is 8.00. The van der Waals surface area contributed by atoms with Gasteiger partial charge in [-0.3, -0.25) is 4.79 Å². The summed E-state index contributed by atoms with van der Waals surface area (Å²) in [4.78, 5) is 12.0. The maximum Gasteiger partial charge on any atom is 0.446 e. The Morgan fingerprint density at radius 2 is 1.74 bits per heavy atom. The molecule has 1 aliphatic rings. The summed E-state index contributed by atoms with van der Waals surface area (Å²) in [6.45, 7) is 3.73. The third-order valence-corrected chi connectivity index (χ3v) is 3.90. The highest BCUT2D eigenvalue weighted by atomic mass is 32.2. The Morgan fingerprint density at radius 3 is 2.26 bits per heavy atom. The molecule has 4 nitrogen and oxygen atoms in total. The fraction of sp³-hybridized carbons (Fsp3) is 0.400. The lowest BCUT2D eigenvalue weighted by atomic mass is 9.78. The maximum absolute atomic E-state index is 12.2. The number of hydrogen-bond donors (Lipinski definition) is 1. The first-order valence-corrected chi connectivity index (χ1v) is 7.60. The number of carbonyl (C=O) groups excluding carboxylic acids is 1. The van der Waals surface area contributed by atoms with E-state index in [9.17, 15) is 23.1 Å². The molecule has 0 amide bonds. The zero-order valence-electron chi connectivity index (χ0n) is 12.5. The van der Waals surface area contributed by atoms with Crippen molar-refractivity contribution in [3.05, 3.63) is 35.7 Å². The van der Waals surface area contributed by atoms with Crippen molar-refractivity contribution in [3.63, 3.8) is 0 Å². The highest BCUT2D eigenvalue weighted by Crippen LogP contribution is 2.38. The predicted octanol–water partition coefficient (Wildman–Crippen LogP) is 5.54. The van der Waals surface area contributed by atoms with Crippen molar-refractivity contribution in [1.29, 1.82) is 0 Å². The van der Waals surface area contributed by atoms with Gasteiger partial charge >= 0.3 is 5.51 Å². The Bertz CT molecular complexity index is 664. The first kappa shape index (κ1) is 17.5. The summed E-state index contributed by atoms with van der Waals surface area (Å²) in [7, 11) is 0. The molecule has 0 bridgehead atoms. The average molecular weight is 344 g/mol. The van der Waals surface area contributed by atoms with E-state index >= 15 is 0 Å². The molecule has 0 saturated heterocycles. The molecule has 1 aromatic rings. The number of hydrogen-bond acceptors (Lipinski definition) is 5. The summed E-state index contributed by atoms with van der Waals surface area (Å²) in [5, 5.41) is 17.5. The first-order valence-electron chi connectivity index (χ1n) is 6.79. The molecule has 0 heterocycles. The van der Waals surface area contributed by atoms with Crippen molar-refractivity contribution >= 4 is 23.2 Å². The Kier molecular flexibility index (Phi) is 4.84. The van der Waals surface area contributed by atoms with Crippen molar-refractivity contribution in [2.24, 2.45) is 15.6 Å². The quantitative estimate of drug-likeness (QED) is 0.578. The van der Waals surface area contributed by atoms with Crippen LogP contribution in [-0.2, 0) is 4.79 Å². The third kappa shape index (κ3) is 5.09. The summed E-state index contributed by atoms with van der Waals surface area (Å²) >= 11 is -0.220. The van der Waals surface area contributed by atoms with Gasteiger partial charge in [0, 0.05) is 17.7 Å². The lowest BCUT2D eigenvalue weighted by molar-refractivity contribution is -0.118. The van der Waals surface area contributed by atoms with Crippen molar-refractivity contribution in [3.8, 4) is 0 Å². The molecule has 0 atom stereocenters. The molecule has 0 saturated carbocycles. The molecular formula is C15H15F3N2O2S. The molecule has 23 heavy (non-hydrogen) atoms. The van der Waals surface area contributed by atoms with Crippen LogP contribution in [-0.4, -0.2) is 16.4 Å². The van der Waals surface area contributed by atoms with Gasteiger partial charge in [0.15, 0.2) is 11.5 Å². The smallest absolute Gasteiger partial charge is 0.446 e. The van der Waals surface area contributed by atoms with Crippen LogP contribution in [0, 0.1) is 5.41 Å². The molecular weight excluding hydrogens is 329 g/mol. The number of ketones is 1. The fourth-order valence-electron chi connectivity index (χ4n) is 2.21. The summed E-state index contributed by atoms with van der Waals surface area (Å²) in [6.07, 6.45) is 0.584.